The molecule has 1 aliphatic carbocycles. The van der Waals surface area contributed by atoms with Crippen molar-refractivity contribution in [1.29, 1.82) is 0 Å². The number of nitrogens with zero attached hydrogens (tertiary/aromatic N) is 1. The van der Waals surface area contributed by atoms with E-state index >= 15 is 0 Å². The molecule has 24 heavy (non-hydrogen) atoms. The van der Waals surface area contributed by atoms with E-state index in [1.807, 2.05) is 13.8 Å². The summed E-state index contributed by atoms with van der Waals surface area (Å²) in [6.07, 6.45) is 0.587. The fourth-order valence-corrected chi connectivity index (χ4v) is 2.96. The van der Waals surface area contributed by atoms with Crippen molar-refractivity contribution in [3.63, 3.8) is 0 Å². The molecule has 0 aliphatic heterocycles. The second-order valence-electron chi connectivity index (χ2n) is 6.14. The Morgan fingerprint density at radius 2 is 1.83 bits per heavy atom. The lowest BCUT2D eigenvalue weighted by Gasteiger charge is -2.27. The van der Waals surface area contributed by atoms with Crippen LogP contribution in [0.15, 0.2) is 4.99 Å². The van der Waals surface area contributed by atoms with Crippen LogP contribution >= 0.6 is 24.0 Å². The second-order valence-corrected chi connectivity index (χ2v) is 6.14. The second kappa shape index (κ2) is 12.2. The van der Waals surface area contributed by atoms with Crippen molar-refractivity contribution >= 4 is 29.9 Å². The van der Waals surface area contributed by atoms with Gasteiger partial charge < -0.3 is 15.4 Å². The molecule has 0 bridgehead atoms. The molecule has 0 amide bonds. The van der Waals surface area contributed by atoms with Gasteiger partial charge in [0.15, 0.2) is 5.96 Å². The SMILES string of the molecule is CCNC(=NCC1(CCOCC)CCCC1)NCCC(F)(F)F.I. The molecule has 0 saturated heterocycles. The number of rotatable bonds is 9. The van der Waals surface area contributed by atoms with Crippen LogP contribution in [0.3, 0.4) is 0 Å². The van der Waals surface area contributed by atoms with Crippen LogP contribution in [0.4, 0.5) is 13.2 Å². The molecule has 0 radical (unpaired) electrons. The van der Waals surface area contributed by atoms with Gasteiger partial charge in [-0.3, -0.25) is 4.99 Å². The molecule has 1 saturated carbocycles. The third-order valence-corrected chi connectivity index (χ3v) is 4.26. The highest BCUT2D eigenvalue weighted by atomic mass is 127. The number of guanidine groups is 1. The summed E-state index contributed by atoms with van der Waals surface area (Å²) in [6.45, 7) is 6.44. The molecule has 144 valence electrons. The van der Waals surface area contributed by atoms with Crippen molar-refractivity contribution < 1.29 is 17.9 Å². The summed E-state index contributed by atoms with van der Waals surface area (Å²) >= 11 is 0. The molecule has 0 aromatic rings. The van der Waals surface area contributed by atoms with Crippen LogP contribution in [-0.4, -0.2) is 45.0 Å². The lowest BCUT2D eigenvalue weighted by atomic mass is 9.83. The fourth-order valence-electron chi connectivity index (χ4n) is 2.96. The molecule has 1 aliphatic rings. The highest BCUT2D eigenvalue weighted by Crippen LogP contribution is 2.41. The number of halogens is 4. The van der Waals surface area contributed by atoms with Crippen molar-refractivity contribution in [2.45, 2.75) is 58.5 Å². The summed E-state index contributed by atoms with van der Waals surface area (Å²) in [5.74, 6) is 0.472. The summed E-state index contributed by atoms with van der Waals surface area (Å²) in [5.41, 5.74) is 0.140. The number of alkyl halides is 3. The van der Waals surface area contributed by atoms with Crippen LogP contribution in [0, 0.1) is 5.41 Å². The number of nitrogens with one attached hydrogen (secondary N) is 2. The van der Waals surface area contributed by atoms with Gasteiger partial charge in [0.05, 0.1) is 6.42 Å². The normalized spacial score (nSPS) is 17.5. The quantitative estimate of drug-likeness (QED) is 0.233. The molecule has 0 heterocycles. The Bertz CT molecular complexity index is 359. The van der Waals surface area contributed by atoms with E-state index in [4.69, 9.17) is 4.74 Å². The molecule has 0 atom stereocenters. The Balaban J connectivity index is 0.00000529. The predicted octanol–water partition coefficient (Wildman–Crippen LogP) is 4.10. The van der Waals surface area contributed by atoms with E-state index in [1.165, 1.54) is 12.8 Å². The Morgan fingerprint density at radius 3 is 2.38 bits per heavy atom. The molecule has 0 unspecified atom stereocenters. The Hall–Kier alpha value is -0.250. The molecule has 0 aromatic heterocycles. The zero-order valence-electron chi connectivity index (χ0n) is 14.7. The van der Waals surface area contributed by atoms with Crippen molar-refractivity contribution in [1.82, 2.24) is 10.6 Å². The molecule has 8 heteroatoms. The van der Waals surface area contributed by atoms with Crippen molar-refractivity contribution in [3.8, 4) is 0 Å². The summed E-state index contributed by atoms with van der Waals surface area (Å²) < 4.78 is 42.2. The monoisotopic (exact) mass is 465 g/mol. The highest BCUT2D eigenvalue weighted by molar-refractivity contribution is 14.0. The zero-order valence-corrected chi connectivity index (χ0v) is 17.0. The maximum atomic E-state index is 12.2. The van der Waals surface area contributed by atoms with E-state index in [1.54, 1.807) is 0 Å². The average molecular weight is 465 g/mol. The number of hydrogen-bond donors (Lipinski definition) is 2. The first kappa shape index (κ1) is 23.8. The van der Waals surface area contributed by atoms with Gasteiger partial charge >= 0.3 is 6.18 Å². The molecule has 1 rings (SSSR count). The van der Waals surface area contributed by atoms with E-state index < -0.39 is 12.6 Å². The third-order valence-electron chi connectivity index (χ3n) is 4.26. The Labute approximate surface area is 160 Å². The smallest absolute Gasteiger partial charge is 0.382 e. The van der Waals surface area contributed by atoms with Gasteiger partial charge in [-0.25, -0.2) is 0 Å². The topological polar surface area (TPSA) is 45.7 Å². The van der Waals surface area contributed by atoms with Crippen LogP contribution in [0.2, 0.25) is 0 Å². The van der Waals surface area contributed by atoms with Gasteiger partial charge in [-0.1, -0.05) is 12.8 Å². The first-order valence-corrected chi connectivity index (χ1v) is 8.57. The Kier molecular flexibility index (Phi) is 12.0. The van der Waals surface area contributed by atoms with E-state index in [-0.39, 0.29) is 35.9 Å². The van der Waals surface area contributed by atoms with Crippen molar-refractivity contribution in [3.05, 3.63) is 0 Å². The van der Waals surface area contributed by atoms with E-state index in [2.05, 4.69) is 15.6 Å². The Morgan fingerprint density at radius 1 is 1.17 bits per heavy atom. The van der Waals surface area contributed by atoms with Crippen LogP contribution in [0.25, 0.3) is 0 Å². The summed E-state index contributed by atoms with van der Waals surface area (Å²) in [6, 6.07) is 0. The molecule has 1 fully saturated rings. The van der Waals surface area contributed by atoms with Crippen LogP contribution in [0.5, 0.6) is 0 Å². The minimum Gasteiger partial charge on any atom is -0.382 e. The number of ether oxygens (including phenoxy) is 1. The predicted molar refractivity (Wildman–Crippen MR) is 102 cm³/mol. The molecule has 2 N–H and O–H groups in total. The largest absolute Gasteiger partial charge is 0.390 e. The minimum absolute atomic E-state index is 0. The van der Waals surface area contributed by atoms with Gasteiger partial charge in [0.1, 0.15) is 0 Å². The molecule has 0 aromatic carbocycles. The zero-order chi connectivity index (χ0) is 17.2. The lowest BCUT2D eigenvalue weighted by molar-refractivity contribution is -0.132. The lowest BCUT2D eigenvalue weighted by Crippen LogP contribution is -2.40. The third kappa shape index (κ3) is 9.90. The maximum Gasteiger partial charge on any atom is 0.390 e. The fraction of sp³-hybridized carbons (Fsp3) is 0.938. The maximum absolute atomic E-state index is 12.2. The first-order chi connectivity index (χ1) is 10.9. The van der Waals surface area contributed by atoms with Gasteiger partial charge in [-0.05, 0) is 38.5 Å². The molecular formula is C16H31F3IN3O. The summed E-state index contributed by atoms with van der Waals surface area (Å²) in [5, 5.41) is 5.79. The van der Waals surface area contributed by atoms with Crippen molar-refractivity contribution in [2.24, 2.45) is 10.4 Å². The van der Waals surface area contributed by atoms with Gasteiger partial charge in [-0.2, -0.15) is 13.2 Å². The van der Waals surface area contributed by atoms with E-state index in [9.17, 15) is 13.2 Å². The van der Waals surface area contributed by atoms with Gasteiger partial charge in [0, 0.05) is 32.8 Å². The number of hydrogen-bond acceptors (Lipinski definition) is 2. The van der Waals surface area contributed by atoms with E-state index in [0.29, 0.717) is 25.7 Å². The van der Waals surface area contributed by atoms with E-state index in [0.717, 1.165) is 25.9 Å². The van der Waals surface area contributed by atoms with Gasteiger partial charge in [0.2, 0.25) is 0 Å². The molecule has 4 nitrogen and oxygen atoms in total. The van der Waals surface area contributed by atoms with Crippen molar-refractivity contribution in [2.75, 3.05) is 32.8 Å². The van der Waals surface area contributed by atoms with Gasteiger partial charge in [0.25, 0.3) is 0 Å². The molecule has 0 spiro atoms. The van der Waals surface area contributed by atoms with Crippen LogP contribution < -0.4 is 10.6 Å². The first-order valence-electron chi connectivity index (χ1n) is 8.57. The summed E-state index contributed by atoms with van der Waals surface area (Å²) in [4.78, 5) is 4.54. The highest BCUT2D eigenvalue weighted by Gasteiger charge is 2.33. The molecular weight excluding hydrogens is 434 g/mol. The van der Waals surface area contributed by atoms with Gasteiger partial charge in [-0.15, -0.1) is 24.0 Å². The standard InChI is InChI=1S/C16H30F3N3O.HI/c1-3-20-14(21-11-9-16(17,18)19)22-13-15(7-5-6-8-15)10-12-23-4-2;/h3-13H2,1-2H3,(H2,20,21,22);1H. The van der Waals surface area contributed by atoms with Crippen LogP contribution in [0.1, 0.15) is 52.4 Å². The average Bonchev–Trinajstić information content (AvgIpc) is 2.93. The summed E-state index contributed by atoms with van der Waals surface area (Å²) in [7, 11) is 0. The number of aliphatic imine (C=N–C) groups is 1. The minimum atomic E-state index is -4.14. The van der Waals surface area contributed by atoms with Crippen LogP contribution in [-0.2, 0) is 4.74 Å².